The van der Waals surface area contributed by atoms with Crippen molar-refractivity contribution >= 4 is 11.9 Å². The van der Waals surface area contributed by atoms with Crippen LogP contribution in [0.4, 0.5) is 4.39 Å². The summed E-state index contributed by atoms with van der Waals surface area (Å²) in [6.07, 6.45) is 2.75. The smallest absolute Gasteiger partial charge is 0.310 e. The number of benzene rings is 1. The van der Waals surface area contributed by atoms with Crippen LogP contribution < -0.4 is 0 Å². The van der Waals surface area contributed by atoms with E-state index in [9.17, 15) is 14.0 Å². The number of rotatable bonds is 5. The molecule has 0 aromatic heterocycles. The fraction of sp³-hybridized carbons (Fsp3) is 0.579. The molecule has 6 heteroatoms. The lowest BCUT2D eigenvalue weighted by molar-refractivity contribution is -0.152. The van der Waals surface area contributed by atoms with E-state index in [1.165, 1.54) is 26.2 Å². The van der Waals surface area contributed by atoms with Gasteiger partial charge in [0.1, 0.15) is 12.4 Å². The monoisotopic (exact) mass is 349 g/mol. The minimum atomic E-state index is -0.293. The highest BCUT2D eigenvalue weighted by Gasteiger charge is 2.50. The molecule has 0 spiro atoms. The van der Waals surface area contributed by atoms with Crippen LogP contribution in [0, 0.1) is 11.7 Å². The second-order valence-electron chi connectivity index (χ2n) is 6.82. The fourth-order valence-corrected chi connectivity index (χ4v) is 4.47. The van der Waals surface area contributed by atoms with E-state index in [0.717, 1.165) is 24.8 Å². The molecular formula is C19H24FNO4. The summed E-state index contributed by atoms with van der Waals surface area (Å²) in [6, 6.07) is 6.83. The summed E-state index contributed by atoms with van der Waals surface area (Å²) in [6.45, 7) is 2.35. The Morgan fingerprint density at radius 1 is 1.24 bits per heavy atom. The summed E-state index contributed by atoms with van der Waals surface area (Å²) in [7, 11) is 1.41. The molecule has 0 N–H and O–H groups in total. The summed E-state index contributed by atoms with van der Waals surface area (Å²) in [5.74, 6) is -1.06. The normalized spacial score (nSPS) is 28.6. The first kappa shape index (κ1) is 17.9. The number of carbonyl (C=O) groups is 2. The lowest BCUT2D eigenvalue weighted by atomic mass is 9.76. The van der Waals surface area contributed by atoms with Crippen LogP contribution in [0.2, 0.25) is 0 Å². The molecule has 0 saturated carbocycles. The third-order valence-electron chi connectivity index (χ3n) is 5.49. The number of fused-ring (bicyclic) bond motifs is 2. The van der Waals surface area contributed by atoms with E-state index in [0.29, 0.717) is 19.2 Å². The van der Waals surface area contributed by atoms with Crippen molar-refractivity contribution in [2.45, 2.75) is 44.2 Å². The molecule has 2 aliphatic heterocycles. The van der Waals surface area contributed by atoms with Crippen LogP contribution in [-0.2, 0) is 19.1 Å². The van der Waals surface area contributed by atoms with Gasteiger partial charge in [-0.05, 0) is 37.0 Å². The zero-order chi connectivity index (χ0) is 18.0. The van der Waals surface area contributed by atoms with Gasteiger partial charge in [0, 0.05) is 31.5 Å². The maximum atomic E-state index is 13.3. The molecule has 2 saturated heterocycles. The second-order valence-corrected chi connectivity index (χ2v) is 6.82. The molecule has 1 aromatic rings. The molecule has 0 aliphatic carbocycles. The van der Waals surface area contributed by atoms with Gasteiger partial charge in [0.25, 0.3) is 0 Å². The zero-order valence-electron chi connectivity index (χ0n) is 14.6. The fourth-order valence-electron chi connectivity index (χ4n) is 4.47. The number of halogens is 1. The molecule has 25 heavy (non-hydrogen) atoms. The van der Waals surface area contributed by atoms with E-state index < -0.39 is 0 Å². The largest absolute Gasteiger partial charge is 0.469 e. The molecule has 1 aromatic carbocycles. The molecule has 2 fully saturated rings. The highest BCUT2D eigenvalue weighted by atomic mass is 19.1. The minimum Gasteiger partial charge on any atom is -0.469 e. The van der Waals surface area contributed by atoms with Gasteiger partial charge in [-0.15, -0.1) is 0 Å². The average molecular weight is 349 g/mol. The molecule has 5 nitrogen and oxygen atoms in total. The standard InChI is InChI=1S/C19H24FNO4/c1-12(22)25-10-9-21-15-7-8-17(21)18(19(23)24-2)16(11-15)13-3-5-14(20)6-4-13/h3-6,15-18H,7-11H2,1-2H3. The number of carbonyl (C=O) groups excluding carboxylic acids is 2. The lowest BCUT2D eigenvalue weighted by Gasteiger charge is -2.43. The van der Waals surface area contributed by atoms with Crippen molar-refractivity contribution in [2.24, 2.45) is 5.92 Å². The Labute approximate surface area is 147 Å². The van der Waals surface area contributed by atoms with E-state index in [1.807, 2.05) is 0 Å². The number of hydrogen-bond acceptors (Lipinski definition) is 5. The Bertz CT molecular complexity index is 633. The Balaban J connectivity index is 1.82. The Hall–Kier alpha value is -1.95. The van der Waals surface area contributed by atoms with E-state index in [2.05, 4.69) is 4.90 Å². The average Bonchev–Trinajstić information content (AvgIpc) is 2.86. The first-order chi connectivity index (χ1) is 12.0. The van der Waals surface area contributed by atoms with Crippen LogP contribution in [0.15, 0.2) is 24.3 Å². The SMILES string of the molecule is COC(=O)C1C(c2ccc(F)cc2)CC2CCC1N2CCOC(C)=O. The van der Waals surface area contributed by atoms with Crippen molar-refractivity contribution in [1.29, 1.82) is 0 Å². The summed E-state index contributed by atoms with van der Waals surface area (Å²) < 4.78 is 23.4. The number of esters is 2. The summed E-state index contributed by atoms with van der Waals surface area (Å²) in [4.78, 5) is 25.8. The number of piperidine rings is 1. The van der Waals surface area contributed by atoms with Crippen LogP contribution in [-0.4, -0.2) is 49.2 Å². The second kappa shape index (κ2) is 7.52. The summed E-state index contributed by atoms with van der Waals surface area (Å²) in [5, 5.41) is 0. The zero-order valence-corrected chi connectivity index (χ0v) is 14.6. The van der Waals surface area contributed by atoms with Crippen LogP contribution in [0.5, 0.6) is 0 Å². The summed E-state index contributed by atoms with van der Waals surface area (Å²) in [5.41, 5.74) is 0.980. The molecule has 2 heterocycles. The van der Waals surface area contributed by atoms with Gasteiger partial charge in [-0.25, -0.2) is 4.39 Å². The number of methoxy groups -OCH3 is 1. The van der Waals surface area contributed by atoms with Crippen LogP contribution >= 0.6 is 0 Å². The van der Waals surface area contributed by atoms with E-state index in [4.69, 9.17) is 9.47 Å². The molecule has 4 atom stereocenters. The topological polar surface area (TPSA) is 55.8 Å². The van der Waals surface area contributed by atoms with Gasteiger partial charge in [0.05, 0.1) is 13.0 Å². The molecule has 0 amide bonds. The first-order valence-electron chi connectivity index (χ1n) is 8.73. The number of nitrogens with zero attached hydrogens (tertiary/aromatic N) is 1. The molecule has 3 rings (SSSR count). The number of hydrogen-bond donors (Lipinski definition) is 0. The van der Waals surface area contributed by atoms with Crippen LogP contribution in [0.1, 0.15) is 37.7 Å². The third-order valence-corrected chi connectivity index (χ3v) is 5.49. The summed E-state index contributed by atoms with van der Waals surface area (Å²) >= 11 is 0. The highest BCUT2D eigenvalue weighted by molar-refractivity contribution is 5.75. The van der Waals surface area contributed by atoms with Gasteiger partial charge in [-0.2, -0.15) is 0 Å². The van der Waals surface area contributed by atoms with Gasteiger partial charge in [0.15, 0.2) is 0 Å². The molecule has 0 radical (unpaired) electrons. The molecule has 2 aliphatic rings. The van der Waals surface area contributed by atoms with Crippen molar-refractivity contribution in [3.05, 3.63) is 35.6 Å². The maximum Gasteiger partial charge on any atom is 0.310 e. The van der Waals surface area contributed by atoms with E-state index in [-0.39, 0.29) is 35.6 Å². The Kier molecular flexibility index (Phi) is 5.37. The van der Waals surface area contributed by atoms with Gasteiger partial charge in [0.2, 0.25) is 0 Å². The minimum absolute atomic E-state index is 0.0236. The van der Waals surface area contributed by atoms with Crippen molar-refractivity contribution < 1.29 is 23.5 Å². The van der Waals surface area contributed by atoms with E-state index >= 15 is 0 Å². The predicted octanol–water partition coefficient (Wildman–Crippen LogP) is 2.50. The van der Waals surface area contributed by atoms with Crippen molar-refractivity contribution in [1.82, 2.24) is 4.90 Å². The highest BCUT2D eigenvalue weighted by Crippen LogP contribution is 2.47. The Morgan fingerprint density at radius 3 is 2.60 bits per heavy atom. The molecule has 136 valence electrons. The van der Waals surface area contributed by atoms with E-state index in [1.54, 1.807) is 12.1 Å². The maximum absolute atomic E-state index is 13.3. The van der Waals surface area contributed by atoms with Gasteiger partial charge in [-0.1, -0.05) is 12.1 Å². The van der Waals surface area contributed by atoms with Crippen LogP contribution in [0.3, 0.4) is 0 Å². The molecule has 2 bridgehead atoms. The number of ether oxygens (including phenoxy) is 2. The van der Waals surface area contributed by atoms with Crippen molar-refractivity contribution in [3.63, 3.8) is 0 Å². The van der Waals surface area contributed by atoms with Crippen LogP contribution in [0.25, 0.3) is 0 Å². The Morgan fingerprint density at radius 2 is 1.96 bits per heavy atom. The third kappa shape index (κ3) is 3.68. The quantitative estimate of drug-likeness (QED) is 0.765. The van der Waals surface area contributed by atoms with Gasteiger partial charge in [-0.3, -0.25) is 14.5 Å². The van der Waals surface area contributed by atoms with Gasteiger partial charge < -0.3 is 9.47 Å². The molecular weight excluding hydrogens is 325 g/mol. The lowest BCUT2D eigenvalue weighted by Crippen LogP contribution is -2.51. The van der Waals surface area contributed by atoms with Crippen molar-refractivity contribution in [2.75, 3.05) is 20.3 Å². The molecule has 4 unspecified atom stereocenters. The predicted molar refractivity (Wildman–Crippen MR) is 89.4 cm³/mol. The van der Waals surface area contributed by atoms with Gasteiger partial charge >= 0.3 is 11.9 Å². The van der Waals surface area contributed by atoms with Crippen molar-refractivity contribution in [3.8, 4) is 0 Å². The first-order valence-corrected chi connectivity index (χ1v) is 8.73.